The van der Waals surface area contributed by atoms with Crippen LogP contribution in [0.25, 0.3) is 5.13 Å². The molecule has 0 unspecified atom stereocenters. The largest absolute Gasteiger partial charge is 0.377 e. The first kappa shape index (κ1) is 18.8. The fourth-order valence-electron chi connectivity index (χ4n) is 3.25. The maximum atomic E-state index is 13.8. The normalized spacial score (nSPS) is 15.2. The Morgan fingerprint density at radius 2 is 1.86 bits per heavy atom. The smallest absolute Gasteiger partial charge is 0.218 e. The Hall–Kier alpha value is -2.52. The van der Waals surface area contributed by atoms with Gasteiger partial charge in [-0.3, -0.25) is 4.57 Å². The summed E-state index contributed by atoms with van der Waals surface area (Å²) in [5.74, 6) is -1.20. The van der Waals surface area contributed by atoms with E-state index in [2.05, 4.69) is 32.2 Å². The van der Waals surface area contributed by atoms with Gasteiger partial charge >= 0.3 is 0 Å². The highest BCUT2D eigenvalue weighted by molar-refractivity contribution is 7.17. The van der Waals surface area contributed by atoms with Gasteiger partial charge in [0.2, 0.25) is 10.3 Å². The van der Waals surface area contributed by atoms with Gasteiger partial charge in [-0.2, -0.15) is 0 Å². The first-order chi connectivity index (χ1) is 13.6. The molecule has 0 amide bonds. The number of hydrogen-bond donors (Lipinski definition) is 1. The summed E-state index contributed by atoms with van der Waals surface area (Å²) in [7, 11) is 0. The van der Waals surface area contributed by atoms with E-state index in [9.17, 15) is 8.78 Å². The Morgan fingerprint density at radius 3 is 2.61 bits per heavy atom. The number of aromatic nitrogens is 3. The fraction of sp³-hybridized carbons (Fsp3) is 0.368. The van der Waals surface area contributed by atoms with Crippen LogP contribution in [-0.2, 0) is 6.54 Å². The molecule has 0 saturated carbocycles. The molecular formula is C19H22F2N6S. The van der Waals surface area contributed by atoms with Gasteiger partial charge in [0.1, 0.15) is 11.6 Å². The molecule has 1 aromatic carbocycles. The Balaban J connectivity index is 1.45. The van der Waals surface area contributed by atoms with Crippen molar-refractivity contribution in [3.63, 3.8) is 0 Å². The monoisotopic (exact) mass is 404 g/mol. The van der Waals surface area contributed by atoms with Crippen molar-refractivity contribution in [3.05, 3.63) is 53.9 Å². The second kappa shape index (κ2) is 8.24. The predicted octanol–water partition coefficient (Wildman–Crippen LogP) is 3.36. The van der Waals surface area contributed by atoms with Gasteiger partial charge in [0.05, 0.1) is 12.2 Å². The van der Waals surface area contributed by atoms with Gasteiger partial charge in [-0.1, -0.05) is 18.3 Å². The standard InChI is InChI=1S/C19H22F2N6S/c1-2-25-8-10-26(11-9-25)18-23-24-19(28-18)27-7-3-4-15(27)13-22-17-6-5-14(20)12-16(17)21/h3-7,12,22H,2,8-11,13H2,1H3. The third-order valence-electron chi connectivity index (χ3n) is 4.92. The van der Waals surface area contributed by atoms with E-state index in [0.29, 0.717) is 6.54 Å². The lowest BCUT2D eigenvalue weighted by Gasteiger charge is -2.33. The Morgan fingerprint density at radius 1 is 1.07 bits per heavy atom. The summed E-state index contributed by atoms with van der Waals surface area (Å²) in [6.45, 7) is 7.61. The molecule has 1 aliphatic heterocycles. The second-order valence-electron chi connectivity index (χ2n) is 6.64. The number of piperazine rings is 1. The van der Waals surface area contributed by atoms with Crippen LogP contribution in [0.1, 0.15) is 12.6 Å². The molecule has 148 valence electrons. The average Bonchev–Trinajstić information content (AvgIpc) is 3.36. The van der Waals surface area contributed by atoms with Gasteiger partial charge in [-0.25, -0.2) is 8.78 Å². The minimum absolute atomic E-state index is 0.265. The summed E-state index contributed by atoms with van der Waals surface area (Å²) in [4.78, 5) is 4.69. The SMILES string of the molecule is CCN1CCN(c2nnc(-n3cccc3CNc3ccc(F)cc3F)s2)CC1. The van der Waals surface area contributed by atoms with Gasteiger partial charge < -0.3 is 15.1 Å². The summed E-state index contributed by atoms with van der Waals surface area (Å²) >= 11 is 1.54. The number of nitrogens with one attached hydrogen (secondary N) is 1. The maximum Gasteiger partial charge on any atom is 0.218 e. The lowest BCUT2D eigenvalue weighted by atomic mass is 10.3. The quantitative estimate of drug-likeness (QED) is 0.683. The van der Waals surface area contributed by atoms with Crippen molar-refractivity contribution in [2.75, 3.05) is 42.9 Å². The predicted molar refractivity (Wildman–Crippen MR) is 107 cm³/mol. The van der Waals surface area contributed by atoms with E-state index in [0.717, 1.165) is 54.7 Å². The maximum absolute atomic E-state index is 13.8. The molecule has 3 aromatic rings. The van der Waals surface area contributed by atoms with Crippen LogP contribution in [0.15, 0.2) is 36.5 Å². The van der Waals surface area contributed by atoms with Crippen LogP contribution in [0.3, 0.4) is 0 Å². The van der Waals surface area contributed by atoms with Crippen molar-refractivity contribution < 1.29 is 8.78 Å². The van der Waals surface area contributed by atoms with Crippen molar-refractivity contribution in [3.8, 4) is 5.13 Å². The van der Waals surface area contributed by atoms with Crippen LogP contribution < -0.4 is 10.2 Å². The molecular weight excluding hydrogens is 382 g/mol. The third-order valence-corrected chi connectivity index (χ3v) is 5.91. The van der Waals surface area contributed by atoms with Crippen molar-refractivity contribution in [1.82, 2.24) is 19.7 Å². The topological polar surface area (TPSA) is 49.2 Å². The third kappa shape index (κ3) is 4.00. The number of benzene rings is 1. The molecule has 28 heavy (non-hydrogen) atoms. The van der Waals surface area contributed by atoms with Gasteiger partial charge in [0.15, 0.2) is 0 Å². The highest BCUT2D eigenvalue weighted by Crippen LogP contribution is 2.26. The molecule has 1 aliphatic rings. The Labute approximate surface area is 166 Å². The van der Waals surface area contributed by atoms with E-state index in [1.807, 2.05) is 22.9 Å². The summed E-state index contributed by atoms with van der Waals surface area (Å²) in [5.41, 5.74) is 1.18. The molecule has 1 N–H and O–H groups in total. The van der Waals surface area contributed by atoms with Crippen LogP contribution in [0.2, 0.25) is 0 Å². The number of halogens is 2. The first-order valence-corrected chi connectivity index (χ1v) is 10.1. The number of anilines is 2. The molecule has 1 saturated heterocycles. The van der Waals surface area contributed by atoms with Gasteiger partial charge in [0, 0.05) is 44.1 Å². The Kier molecular flexibility index (Phi) is 5.54. The van der Waals surface area contributed by atoms with Crippen LogP contribution in [0, 0.1) is 11.6 Å². The molecule has 1 fully saturated rings. The van der Waals surface area contributed by atoms with Crippen molar-refractivity contribution in [2.45, 2.75) is 13.5 Å². The lowest BCUT2D eigenvalue weighted by molar-refractivity contribution is 0.271. The van der Waals surface area contributed by atoms with Gasteiger partial charge in [-0.05, 0) is 30.8 Å². The van der Waals surface area contributed by atoms with E-state index in [1.165, 1.54) is 12.1 Å². The summed E-state index contributed by atoms with van der Waals surface area (Å²) in [6.07, 6.45) is 1.91. The lowest BCUT2D eigenvalue weighted by Crippen LogP contribution is -2.46. The Bertz CT molecular complexity index is 932. The molecule has 3 heterocycles. The van der Waals surface area contributed by atoms with E-state index in [-0.39, 0.29) is 5.69 Å². The van der Waals surface area contributed by atoms with Gasteiger partial charge in [0.25, 0.3) is 0 Å². The molecule has 0 atom stereocenters. The first-order valence-electron chi connectivity index (χ1n) is 9.30. The van der Waals surface area contributed by atoms with Crippen LogP contribution in [0.5, 0.6) is 0 Å². The van der Waals surface area contributed by atoms with Crippen LogP contribution in [0.4, 0.5) is 19.6 Å². The van der Waals surface area contributed by atoms with Crippen LogP contribution in [-0.4, -0.2) is 52.4 Å². The number of rotatable bonds is 6. The molecule has 6 nitrogen and oxygen atoms in total. The van der Waals surface area contributed by atoms with Crippen molar-refractivity contribution in [1.29, 1.82) is 0 Å². The number of hydrogen-bond acceptors (Lipinski definition) is 6. The second-order valence-corrected chi connectivity index (χ2v) is 7.57. The molecule has 0 radical (unpaired) electrons. The fourth-order valence-corrected chi connectivity index (χ4v) is 4.17. The molecule has 0 spiro atoms. The zero-order valence-electron chi connectivity index (χ0n) is 15.6. The molecule has 4 rings (SSSR count). The van der Waals surface area contributed by atoms with E-state index < -0.39 is 11.6 Å². The average molecular weight is 404 g/mol. The summed E-state index contributed by atoms with van der Waals surface area (Å²) in [6, 6.07) is 7.36. The number of likely N-dealkylation sites (N-methyl/N-ethyl adjacent to an activating group) is 1. The number of nitrogens with zero attached hydrogens (tertiary/aromatic N) is 5. The van der Waals surface area contributed by atoms with Crippen molar-refractivity contribution in [2.24, 2.45) is 0 Å². The minimum atomic E-state index is -0.609. The molecule has 0 bridgehead atoms. The summed E-state index contributed by atoms with van der Waals surface area (Å²) in [5, 5.41) is 13.4. The van der Waals surface area contributed by atoms with E-state index >= 15 is 0 Å². The highest BCUT2D eigenvalue weighted by Gasteiger charge is 2.20. The molecule has 0 aliphatic carbocycles. The molecule has 9 heteroatoms. The van der Waals surface area contributed by atoms with E-state index in [1.54, 1.807) is 11.3 Å². The van der Waals surface area contributed by atoms with Crippen molar-refractivity contribution >= 4 is 22.2 Å². The highest BCUT2D eigenvalue weighted by atomic mass is 32.1. The van der Waals surface area contributed by atoms with Gasteiger partial charge in [-0.15, -0.1) is 10.2 Å². The van der Waals surface area contributed by atoms with Crippen LogP contribution >= 0.6 is 11.3 Å². The zero-order valence-corrected chi connectivity index (χ0v) is 16.4. The minimum Gasteiger partial charge on any atom is -0.377 e. The van der Waals surface area contributed by atoms with E-state index in [4.69, 9.17) is 0 Å². The zero-order chi connectivity index (χ0) is 19.5. The molecule has 2 aromatic heterocycles. The summed E-state index contributed by atoms with van der Waals surface area (Å²) < 4.78 is 28.8.